The van der Waals surface area contributed by atoms with Crippen molar-refractivity contribution < 1.29 is 14.4 Å². The van der Waals surface area contributed by atoms with Crippen LogP contribution in [-0.4, -0.2) is 40.6 Å². The first-order valence-electron chi connectivity index (χ1n) is 8.40. The number of nitro groups is 1. The molecule has 0 aliphatic carbocycles. The van der Waals surface area contributed by atoms with E-state index in [1.54, 1.807) is 24.4 Å². The highest BCUT2D eigenvalue weighted by Gasteiger charge is 2.26. The maximum atomic E-state index is 10.9. The first-order valence-corrected chi connectivity index (χ1v) is 9.28. The average molecular weight is 405 g/mol. The fourth-order valence-corrected chi connectivity index (χ4v) is 3.05. The maximum absolute atomic E-state index is 10.9. The number of hydrogen-bond acceptors (Lipinski definition) is 9. The van der Waals surface area contributed by atoms with Gasteiger partial charge < -0.3 is 9.47 Å². The summed E-state index contributed by atoms with van der Waals surface area (Å²) in [6.07, 6.45) is 1.73. The van der Waals surface area contributed by atoms with Crippen molar-refractivity contribution in [2.75, 3.05) is 19.6 Å². The van der Waals surface area contributed by atoms with Crippen LogP contribution in [0.3, 0.4) is 0 Å². The van der Waals surface area contributed by atoms with Gasteiger partial charge in [-0.15, -0.1) is 0 Å². The second kappa shape index (κ2) is 9.36. The predicted octanol–water partition coefficient (Wildman–Crippen LogP) is 4.01. The molecular formula is C18H23N5O4S. The lowest BCUT2D eigenvalue weighted by molar-refractivity contribution is -0.384. The summed E-state index contributed by atoms with van der Waals surface area (Å²) in [5.74, 6) is 0.822. The van der Waals surface area contributed by atoms with E-state index in [0.717, 1.165) is 0 Å². The second-order valence-corrected chi connectivity index (χ2v) is 7.95. The summed E-state index contributed by atoms with van der Waals surface area (Å²) in [7, 11) is 3.06. The molecule has 150 valence electrons. The zero-order chi connectivity index (χ0) is 20.7. The molecule has 0 aliphatic heterocycles. The van der Waals surface area contributed by atoms with E-state index in [1.807, 2.05) is 0 Å². The molecule has 1 unspecified atom stereocenters. The van der Waals surface area contributed by atoms with Crippen LogP contribution < -0.4 is 14.9 Å². The summed E-state index contributed by atoms with van der Waals surface area (Å²) < 4.78 is 10.4. The molecule has 2 rings (SSSR count). The molecule has 0 aliphatic rings. The van der Waals surface area contributed by atoms with Gasteiger partial charge in [0.1, 0.15) is 0 Å². The number of thioether (sulfide) groups is 1. The molecule has 10 heteroatoms. The minimum atomic E-state index is -0.448. The quantitative estimate of drug-likeness (QED) is 0.230. The maximum Gasteiger partial charge on any atom is 0.271 e. The van der Waals surface area contributed by atoms with E-state index in [-0.39, 0.29) is 16.4 Å². The molecule has 1 N–H and O–H groups in total. The van der Waals surface area contributed by atoms with E-state index in [0.29, 0.717) is 22.6 Å². The van der Waals surface area contributed by atoms with Gasteiger partial charge in [0.25, 0.3) is 5.69 Å². The smallest absolute Gasteiger partial charge is 0.271 e. The number of rotatable bonds is 8. The van der Waals surface area contributed by atoms with Gasteiger partial charge in [-0.1, -0.05) is 38.6 Å². The van der Waals surface area contributed by atoms with Gasteiger partial charge in [0.15, 0.2) is 5.16 Å². The van der Waals surface area contributed by atoms with Crippen molar-refractivity contribution in [3.05, 3.63) is 40.4 Å². The molecule has 0 bridgehead atoms. The minimum Gasteiger partial charge on any atom is -0.481 e. The molecule has 9 nitrogen and oxygen atoms in total. The average Bonchev–Trinajstić information content (AvgIpc) is 2.66. The first kappa shape index (κ1) is 21.4. The van der Waals surface area contributed by atoms with E-state index in [2.05, 4.69) is 41.3 Å². The predicted molar refractivity (Wildman–Crippen MR) is 109 cm³/mol. The number of methoxy groups -OCH3 is 2. The Morgan fingerprint density at radius 1 is 1.21 bits per heavy atom. The first-order chi connectivity index (χ1) is 13.2. The molecule has 0 saturated carbocycles. The van der Waals surface area contributed by atoms with E-state index in [9.17, 15) is 10.1 Å². The van der Waals surface area contributed by atoms with Crippen LogP contribution in [-0.2, 0) is 0 Å². The molecule has 1 aromatic heterocycles. The van der Waals surface area contributed by atoms with E-state index in [1.165, 1.54) is 38.1 Å². The molecular weight excluding hydrogens is 382 g/mol. The number of non-ortho nitro benzene ring substituents is 1. The van der Waals surface area contributed by atoms with Gasteiger partial charge in [0, 0.05) is 18.3 Å². The Morgan fingerprint density at radius 2 is 1.86 bits per heavy atom. The van der Waals surface area contributed by atoms with Crippen LogP contribution in [0.2, 0.25) is 0 Å². The van der Waals surface area contributed by atoms with Crippen LogP contribution in [0.1, 0.15) is 20.8 Å². The van der Waals surface area contributed by atoms with Crippen LogP contribution >= 0.6 is 11.8 Å². The SMILES string of the molecule is COc1cc(OC)nc(SC(C=NNc2cccc([N+](=O)[O-])c2)C(C)(C)C)n1. The molecule has 0 saturated heterocycles. The van der Waals surface area contributed by atoms with E-state index < -0.39 is 4.92 Å². The number of hydrogen-bond donors (Lipinski definition) is 1. The third-order valence-corrected chi connectivity index (χ3v) is 5.10. The summed E-state index contributed by atoms with van der Waals surface area (Å²) in [6, 6.07) is 7.76. The fraction of sp³-hybridized carbons (Fsp3) is 0.389. The number of nitrogens with one attached hydrogen (secondary N) is 1. The summed E-state index contributed by atoms with van der Waals surface area (Å²) >= 11 is 1.42. The highest BCUT2D eigenvalue weighted by atomic mass is 32.2. The zero-order valence-electron chi connectivity index (χ0n) is 16.4. The van der Waals surface area contributed by atoms with Crippen LogP contribution in [0.5, 0.6) is 11.8 Å². The number of hydrazone groups is 1. The van der Waals surface area contributed by atoms with Crippen molar-refractivity contribution >= 4 is 29.4 Å². The molecule has 0 spiro atoms. The van der Waals surface area contributed by atoms with Crippen molar-refractivity contribution in [3.8, 4) is 11.8 Å². The van der Waals surface area contributed by atoms with Gasteiger partial charge in [-0.25, -0.2) is 0 Å². The summed E-state index contributed by atoms with van der Waals surface area (Å²) in [4.78, 5) is 19.1. The van der Waals surface area contributed by atoms with Gasteiger partial charge in [-0.05, 0) is 11.5 Å². The number of nitrogens with zero attached hydrogens (tertiary/aromatic N) is 4. The van der Waals surface area contributed by atoms with Gasteiger partial charge in [0.2, 0.25) is 11.8 Å². The largest absolute Gasteiger partial charge is 0.481 e. The Balaban J connectivity index is 2.17. The third-order valence-electron chi connectivity index (χ3n) is 3.62. The van der Waals surface area contributed by atoms with Crippen LogP contribution in [0.4, 0.5) is 11.4 Å². The Kier molecular flexibility index (Phi) is 7.16. The Bertz CT molecular complexity index is 832. The lowest BCUT2D eigenvalue weighted by Crippen LogP contribution is -2.25. The van der Waals surface area contributed by atoms with Crippen LogP contribution in [0.15, 0.2) is 40.6 Å². The summed E-state index contributed by atoms with van der Waals surface area (Å²) in [5.41, 5.74) is 3.21. The Labute approximate surface area is 167 Å². The normalized spacial score (nSPS) is 12.6. The number of anilines is 1. The minimum absolute atomic E-state index is 0.00109. The van der Waals surface area contributed by atoms with Crippen LogP contribution in [0.25, 0.3) is 0 Å². The van der Waals surface area contributed by atoms with Crippen molar-refractivity contribution in [2.24, 2.45) is 10.5 Å². The number of nitro benzene ring substituents is 1. The highest BCUT2D eigenvalue weighted by molar-refractivity contribution is 8.00. The molecule has 1 heterocycles. The van der Waals surface area contributed by atoms with Crippen molar-refractivity contribution in [1.82, 2.24) is 9.97 Å². The lowest BCUT2D eigenvalue weighted by atomic mass is 9.92. The van der Waals surface area contributed by atoms with Gasteiger partial charge >= 0.3 is 0 Å². The molecule has 1 aromatic carbocycles. The number of ether oxygens (including phenoxy) is 2. The zero-order valence-corrected chi connectivity index (χ0v) is 17.2. The number of benzene rings is 1. The van der Waals surface area contributed by atoms with Crippen molar-refractivity contribution in [1.29, 1.82) is 0 Å². The van der Waals surface area contributed by atoms with E-state index in [4.69, 9.17) is 9.47 Å². The molecule has 28 heavy (non-hydrogen) atoms. The monoisotopic (exact) mass is 405 g/mol. The molecule has 0 amide bonds. The topological polar surface area (TPSA) is 112 Å². The molecule has 2 aromatic rings. The second-order valence-electron chi connectivity index (χ2n) is 6.84. The highest BCUT2D eigenvalue weighted by Crippen LogP contribution is 2.34. The summed E-state index contributed by atoms with van der Waals surface area (Å²) in [6.45, 7) is 6.21. The fourth-order valence-electron chi connectivity index (χ4n) is 2.06. The Hall–Kier alpha value is -2.88. The van der Waals surface area contributed by atoms with Crippen LogP contribution in [0, 0.1) is 15.5 Å². The Morgan fingerprint density at radius 3 is 2.39 bits per heavy atom. The molecule has 0 radical (unpaired) electrons. The van der Waals surface area contributed by atoms with E-state index >= 15 is 0 Å². The third kappa shape index (κ3) is 6.08. The number of aromatic nitrogens is 2. The molecule has 0 fully saturated rings. The van der Waals surface area contributed by atoms with Gasteiger partial charge in [-0.2, -0.15) is 15.1 Å². The summed E-state index contributed by atoms with van der Waals surface area (Å²) in [5, 5.41) is 15.5. The van der Waals surface area contributed by atoms with Gasteiger partial charge in [0.05, 0.1) is 36.1 Å². The van der Waals surface area contributed by atoms with Crippen molar-refractivity contribution in [2.45, 2.75) is 31.2 Å². The molecule has 1 atom stereocenters. The van der Waals surface area contributed by atoms with Gasteiger partial charge in [-0.3, -0.25) is 15.5 Å². The standard InChI is InChI=1S/C18H23N5O4S/c1-18(2,3)14(28-17-20-15(26-4)10-16(21-17)27-5)11-19-22-12-7-6-8-13(9-12)23(24)25/h6-11,14,22H,1-5H3. The van der Waals surface area contributed by atoms with Crippen molar-refractivity contribution in [3.63, 3.8) is 0 Å². The lowest BCUT2D eigenvalue weighted by Gasteiger charge is -2.26.